The Morgan fingerprint density at radius 2 is 1.90 bits per heavy atom. The van der Waals surface area contributed by atoms with Crippen molar-refractivity contribution in [3.8, 4) is 6.07 Å². The summed E-state index contributed by atoms with van der Waals surface area (Å²) >= 11 is 5.95. The van der Waals surface area contributed by atoms with Gasteiger partial charge in [0, 0.05) is 36.7 Å². The lowest BCUT2D eigenvalue weighted by Crippen LogP contribution is -2.53. The van der Waals surface area contributed by atoms with Crippen molar-refractivity contribution >= 4 is 46.0 Å². The number of pyridine rings is 1. The van der Waals surface area contributed by atoms with Gasteiger partial charge < -0.3 is 20.2 Å². The van der Waals surface area contributed by atoms with Gasteiger partial charge in [0.2, 0.25) is 5.91 Å². The highest BCUT2D eigenvalue weighted by Crippen LogP contribution is 2.42. The molecule has 212 valence electrons. The predicted octanol–water partition coefficient (Wildman–Crippen LogP) is 5.24. The number of hydrogen-bond acceptors (Lipinski definition) is 8. The lowest BCUT2D eigenvalue weighted by atomic mass is 9.93. The molecule has 3 fully saturated rings. The first-order valence-corrected chi connectivity index (χ1v) is 14.6. The summed E-state index contributed by atoms with van der Waals surface area (Å²) < 4.78 is 0. The van der Waals surface area contributed by atoms with E-state index in [1.807, 2.05) is 26.0 Å². The van der Waals surface area contributed by atoms with Crippen LogP contribution < -0.4 is 10.2 Å². The van der Waals surface area contributed by atoms with Crippen LogP contribution in [-0.4, -0.2) is 61.5 Å². The SMILES string of the molecule is Cc1cc([C@@H](C)Nc2ccc(Cl)nc2C(=O)O)c2nc(N3C4CCC3CC(N3CCCCC3=O)C4)c(C#N)nc2c1. The van der Waals surface area contributed by atoms with E-state index in [4.69, 9.17) is 21.6 Å². The van der Waals surface area contributed by atoms with Crippen LogP contribution >= 0.6 is 11.6 Å². The standard InChI is InChI=1S/C30H32ClN7O3/c1-16-11-21(17(2)33-22-8-9-25(31)35-28(22)30(40)41)27-23(12-16)34-24(15-32)29(36-27)38-18-6-7-19(38)14-20(13-18)37-10-4-3-5-26(37)39/h8-9,11-12,17-20,33H,3-7,10,13-14H2,1-2H3,(H,40,41)/t17-,18?,19?,20?/m1/s1. The molecule has 0 radical (unpaired) electrons. The van der Waals surface area contributed by atoms with Crippen LogP contribution in [0.5, 0.6) is 0 Å². The molecular formula is C30H32ClN7O3. The highest BCUT2D eigenvalue weighted by atomic mass is 35.5. The molecule has 0 saturated carbocycles. The number of carboxylic acid groups (broad SMARTS) is 1. The summed E-state index contributed by atoms with van der Waals surface area (Å²) in [5, 5.41) is 23.2. The molecule has 3 aliphatic heterocycles. The molecule has 2 unspecified atom stereocenters. The Hall–Kier alpha value is -3.97. The number of nitrogens with one attached hydrogen (secondary N) is 1. The number of hydrogen-bond donors (Lipinski definition) is 2. The number of likely N-dealkylation sites (tertiary alicyclic amines) is 1. The zero-order valence-electron chi connectivity index (χ0n) is 23.1. The fraction of sp³-hybridized carbons (Fsp3) is 0.467. The number of anilines is 2. The van der Waals surface area contributed by atoms with Crippen molar-refractivity contribution in [3.05, 3.63) is 51.9 Å². The molecule has 10 nitrogen and oxygen atoms in total. The second-order valence-corrected chi connectivity index (χ2v) is 11.8. The van der Waals surface area contributed by atoms with Gasteiger partial charge in [-0.25, -0.2) is 19.7 Å². The van der Waals surface area contributed by atoms with Gasteiger partial charge in [-0.15, -0.1) is 0 Å². The molecule has 5 heterocycles. The molecule has 3 aromatic rings. The molecule has 1 amide bonds. The normalized spacial score (nSPS) is 23.0. The van der Waals surface area contributed by atoms with Gasteiger partial charge in [-0.3, -0.25) is 4.79 Å². The molecule has 3 aliphatic rings. The smallest absolute Gasteiger partial charge is 0.356 e. The quantitative estimate of drug-likeness (QED) is 0.379. The van der Waals surface area contributed by atoms with Gasteiger partial charge in [0.25, 0.3) is 0 Å². The van der Waals surface area contributed by atoms with E-state index in [2.05, 4.69) is 26.2 Å². The van der Waals surface area contributed by atoms with Gasteiger partial charge in [-0.2, -0.15) is 5.26 Å². The Morgan fingerprint density at radius 3 is 2.59 bits per heavy atom. The third-order valence-electron chi connectivity index (χ3n) is 8.69. The van der Waals surface area contributed by atoms with Crippen molar-refractivity contribution in [1.82, 2.24) is 19.9 Å². The number of rotatable bonds is 6. The third-order valence-corrected chi connectivity index (χ3v) is 8.90. The molecule has 3 atom stereocenters. The van der Waals surface area contributed by atoms with Gasteiger partial charge in [0.05, 0.1) is 22.8 Å². The number of carboxylic acids is 1. The number of aromatic nitrogens is 3. The van der Waals surface area contributed by atoms with Crippen molar-refractivity contribution in [2.75, 3.05) is 16.8 Å². The summed E-state index contributed by atoms with van der Waals surface area (Å²) in [7, 11) is 0. The number of nitriles is 1. The maximum atomic E-state index is 12.7. The topological polar surface area (TPSA) is 135 Å². The minimum Gasteiger partial charge on any atom is -0.476 e. The average molecular weight is 574 g/mol. The number of aromatic carboxylic acids is 1. The summed E-state index contributed by atoms with van der Waals surface area (Å²) in [6.07, 6.45) is 6.39. The first kappa shape index (κ1) is 27.2. The van der Waals surface area contributed by atoms with Gasteiger partial charge in [-0.1, -0.05) is 17.7 Å². The Kier molecular flexibility index (Phi) is 7.16. The fourth-order valence-electron chi connectivity index (χ4n) is 6.90. The summed E-state index contributed by atoms with van der Waals surface area (Å²) in [6, 6.07) is 9.63. The van der Waals surface area contributed by atoms with Crippen LogP contribution in [0.3, 0.4) is 0 Å². The number of aryl methyl sites for hydroxylation is 1. The van der Waals surface area contributed by atoms with Crippen molar-refractivity contribution in [3.63, 3.8) is 0 Å². The number of piperidine rings is 2. The molecule has 41 heavy (non-hydrogen) atoms. The Bertz CT molecular complexity index is 1570. The Labute approximate surface area is 243 Å². The molecule has 3 saturated heterocycles. The largest absolute Gasteiger partial charge is 0.476 e. The van der Waals surface area contributed by atoms with E-state index in [0.29, 0.717) is 34.7 Å². The number of fused-ring (bicyclic) bond motifs is 3. The highest BCUT2D eigenvalue weighted by Gasteiger charge is 2.45. The average Bonchev–Trinajstić information content (AvgIpc) is 3.21. The summed E-state index contributed by atoms with van der Waals surface area (Å²) in [6.45, 7) is 4.72. The fourth-order valence-corrected chi connectivity index (χ4v) is 7.04. The molecule has 2 aromatic heterocycles. The van der Waals surface area contributed by atoms with Gasteiger partial charge >= 0.3 is 5.97 Å². The van der Waals surface area contributed by atoms with Crippen LogP contribution in [0.15, 0.2) is 24.3 Å². The van der Waals surface area contributed by atoms with E-state index in [1.54, 1.807) is 12.1 Å². The monoisotopic (exact) mass is 573 g/mol. The second kappa shape index (κ2) is 10.8. The van der Waals surface area contributed by atoms with Gasteiger partial charge in [0.15, 0.2) is 17.2 Å². The van der Waals surface area contributed by atoms with Crippen LogP contribution in [-0.2, 0) is 4.79 Å². The van der Waals surface area contributed by atoms with Crippen molar-refractivity contribution in [2.24, 2.45) is 0 Å². The maximum Gasteiger partial charge on any atom is 0.356 e. The molecule has 11 heteroatoms. The Balaban J connectivity index is 1.36. The minimum absolute atomic E-state index is 0.101. The maximum absolute atomic E-state index is 12.7. The zero-order valence-corrected chi connectivity index (χ0v) is 23.9. The van der Waals surface area contributed by atoms with Crippen LogP contribution in [0.2, 0.25) is 5.15 Å². The van der Waals surface area contributed by atoms with Crippen LogP contribution in [0, 0.1) is 18.3 Å². The second-order valence-electron chi connectivity index (χ2n) is 11.4. The molecule has 0 spiro atoms. The van der Waals surface area contributed by atoms with E-state index in [-0.39, 0.29) is 40.9 Å². The lowest BCUT2D eigenvalue weighted by molar-refractivity contribution is -0.136. The predicted molar refractivity (Wildman–Crippen MR) is 155 cm³/mol. The summed E-state index contributed by atoms with van der Waals surface area (Å²) in [4.78, 5) is 42.7. The third kappa shape index (κ3) is 5.04. The first-order valence-electron chi connectivity index (χ1n) is 14.2. The van der Waals surface area contributed by atoms with Crippen molar-refractivity contribution in [2.45, 2.75) is 83.0 Å². The van der Waals surface area contributed by atoms with E-state index < -0.39 is 5.97 Å². The van der Waals surface area contributed by atoms with E-state index in [9.17, 15) is 20.0 Å². The van der Waals surface area contributed by atoms with E-state index in [0.717, 1.165) is 56.2 Å². The number of benzene rings is 1. The lowest BCUT2D eigenvalue weighted by Gasteiger charge is -2.45. The Morgan fingerprint density at radius 1 is 1.15 bits per heavy atom. The van der Waals surface area contributed by atoms with Crippen LogP contribution in [0.4, 0.5) is 11.5 Å². The van der Waals surface area contributed by atoms with Crippen LogP contribution in [0.25, 0.3) is 11.0 Å². The molecular weight excluding hydrogens is 542 g/mol. The minimum atomic E-state index is -1.18. The highest BCUT2D eigenvalue weighted by molar-refractivity contribution is 6.29. The number of carbonyl (C=O) groups is 2. The van der Waals surface area contributed by atoms with E-state index >= 15 is 0 Å². The van der Waals surface area contributed by atoms with Gasteiger partial charge in [0.1, 0.15) is 11.2 Å². The van der Waals surface area contributed by atoms with Gasteiger partial charge in [-0.05, 0) is 76.1 Å². The molecule has 0 aliphatic carbocycles. The number of nitrogens with zero attached hydrogens (tertiary/aromatic N) is 6. The zero-order chi connectivity index (χ0) is 28.8. The number of halogens is 1. The first-order chi connectivity index (χ1) is 19.7. The summed E-state index contributed by atoms with van der Waals surface area (Å²) in [5.74, 6) is -0.324. The molecule has 1 aromatic carbocycles. The number of carbonyl (C=O) groups excluding carboxylic acids is 1. The van der Waals surface area contributed by atoms with Crippen molar-refractivity contribution in [1.29, 1.82) is 5.26 Å². The summed E-state index contributed by atoms with van der Waals surface area (Å²) in [5.41, 5.74) is 3.55. The van der Waals surface area contributed by atoms with Crippen molar-refractivity contribution < 1.29 is 14.7 Å². The number of amides is 1. The molecule has 2 N–H and O–H groups in total. The molecule has 6 rings (SSSR count). The van der Waals surface area contributed by atoms with E-state index in [1.165, 1.54) is 0 Å². The van der Waals surface area contributed by atoms with Crippen LogP contribution in [0.1, 0.15) is 85.2 Å². The molecule has 2 bridgehead atoms.